The molecule has 1 unspecified atom stereocenters. The van der Waals surface area contributed by atoms with Gasteiger partial charge in [-0.15, -0.1) is 0 Å². The summed E-state index contributed by atoms with van der Waals surface area (Å²) in [6, 6.07) is 15.6. The number of aryl methyl sites for hydroxylation is 3. The topological polar surface area (TPSA) is 81.8 Å². The molecule has 0 saturated heterocycles. The molecule has 0 fully saturated rings. The highest BCUT2D eigenvalue weighted by Gasteiger charge is 2.26. The Kier molecular flexibility index (Phi) is 5.09. The molecule has 0 bridgehead atoms. The largest absolute Gasteiger partial charge is 0.305 e. The lowest BCUT2D eigenvalue weighted by Crippen LogP contribution is -2.28. The number of nitrogens with zero attached hydrogens (tertiary/aromatic N) is 4. The normalized spacial score (nSPS) is 15.5. The number of amides is 1. The number of rotatable bonds is 4. The summed E-state index contributed by atoms with van der Waals surface area (Å²) in [5.41, 5.74) is 3.50. The SMILES string of the molecule is CCn1nc(C(=O)Nc2c(C)cnn2C2CCCc3ccccc32)c2ccccc2c1=O. The number of carbonyl (C=O) groups excluding carboxylic acids is 1. The molecule has 7 heteroatoms. The molecule has 162 valence electrons. The molecule has 1 amide bonds. The highest BCUT2D eigenvalue weighted by Crippen LogP contribution is 2.35. The van der Waals surface area contributed by atoms with E-state index in [0.29, 0.717) is 23.1 Å². The van der Waals surface area contributed by atoms with E-state index in [1.165, 1.54) is 15.8 Å². The summed E-state index contributed by atoms with van der Waals surface area (Å²) in [5, 5.41) is 13.1. The number of carbonyl (C=O) groups is 1. The molecule has 5 rings (SSSR count). The van der Waals surface area contributed by atoms with Crippen LogP contribution in [-0.2, 0) is 13.0 Å². The molecule has 0 saturated carbocycles. The lowest BCUT2D eigenvalue weighted by atomic mass is 9.88. The average molecular weight is 428 g/mol. The molecule has 1 aliphatic rings. The smallest absolute Gasteiger partial charge is 0.277 e. The summed E-state index contributed by atoms with van der Waals surface area (Å²) in [5.74, 6) is 0.314. The molecule has 1 atom stereocenters. The van der Waals surface area contributed by atoms with E-state index in [1.807, 2.05) is 24.6 Å². The van der Waals surface area contributed by atoms with Crippen molar-refractivity contribution < 1.29 is 4.79 Å². The standard InChI is InChI=1S/C25H25N5O2/c1-3-29-25(32)20-13-7-6-12-19(20)22(28-29)24(31)27-23-16(2)15-26-30(23)21-14-8-10-17-9-4-5-11-18(17)21/h4-7,9,11-13,15,21H,3,8,10,14H2,1-2H3,(H,27,31). The summed E-state index contributed by atoms with van der Waals surface area (Å²) in [7, 11) is 0. The van der Waals surface area contributed by atoms with Crippen molar-refractivity contribution >= 4 is 22.5 Å². The average Bonchev–Trinajstić information content (AvgIpc) is 3.18. The second-order valence-corrected chi connectivity index (χ2v) is 8.20. The molecule has 2 aromatic heterocycles. The molecule has 1 N–H and O–H groups in total. The van der Waals surface area contributed by atoms with Crippen LogP contribution in [0.2, 0.25) is 0 Å². The quantitative estimate of drug-likeness (QED) is 0.532. The minimum atomic E-state index is -0.350. The minimum Gasteiger partial charge on any atom is -0.305 e. The summed E-state index contributed by atoms with van der Waals surface area (Å²) < 4.78 is 3.25. The number of fused-ring (bicyclic) bond motifs is 2. The zero-order valence-corrected chi connectivity index (χ0v) is 18.2. The maximum absolute atomic E-state index is 13.4. The fraction of sp³-hybridized carbons (Fsp3) is 0.280. The van der Waals surface area contributed by atoms with Crippen LogP contribution >= 0.6 is 0 Å². The Balaban J connectivity index is 1.56. The van der Waals surface area contributed by atoms with Gasteiger partial charge in [0, 0.05) is 17.5 Å². The van der Waals surface area contributed by atoms with Crippen molar-refractivity contribution in [2.45, 2.75) is 45.7 Å². The maximum atomic E-state index is 13.4. The number of hydrogen-bond acceptors (Lipinski definition) is 4. The van der Waals surface area contributed by atoms with Crippen LogP contribution in [0.5, 0.6) is 0 Å². The third-order valence-corrected chi connectivity index (χ3v) is 6.23. The second kappa shape index (κ2) is 8.07. The molecule has 0 radical (unpaired) electrons. The Hall–Kier alpha value is -3.74. The Morgan fingerprint density at radius 2 is 1.88 bits per heavy atom. The summed E-state index contributed by atoms with van der Waals surface area (Å²) >= 11 is 0. The Labute approximate surface area is 185 Å². The first-order valence-corrected chi connectivity index (χ1v) is 11.0. The van der Waals surface area contributed by atoms with E-state index in [0.717, 1.165) is 24.8 Å². The van der Waals surface area contributed by atoms with Crippen LogP contribution in [0, 0.1) is 6.92 Å². The van der Waals surface area contributed by atoms with Crippen LogP contribution < -0.4 is 10.9 Å². The van der Waals surface area contributed by atoms with Crippen LogP contribution in [0.15, 0.2) is 59.5 Å². The summed E-state index contributed by atoms with van der Waals surface area (Å²) in [6.45, 7) is 4.16. The fourth-order valence-electron chi connectivity index (χ4n) is 4.61. The molecule has 4 aromatic rings. The third-order valence-electron chi connectivity index (χ3n) is 6.23. The van der Waals surface area contributed by atoms with Gasteiger partial charge in [-0.1, -0.05) is 42.5 Å². The van der Waals surface area contributed by atoms with Crippen LogP contribution in [0.1, 0.15) is 53.0 Å². The number of nitrogens with one attached hydrogen (secondary N) is 1. The number of benzene rings is 2. The number of anilines is 1. The summed E-state index contributed by atoms with van der Waals surface area (Å²) in [6.07, 6.45) is 4.87. The van der Waals surface area contributed by atoms with Crippen LogP contribution in [0.25, 0.3) is 10.8 Å². The van der Waals surface area contributed by atoms with Gasteiger partial charge in [-0.3, -0.25) is 9.59 Å². The predicted molar refractivity (Wildman–Crippen MR) is 124 cm³/mol. The number of hydrogen-bond donors (Lipinski definition) is 1. The third kappa shape index (κ3) is 3.30. The fourth-order valence-corrected chi connectivity index (χ4v) is 4.61. The van der Waals surface area contributed by atoms with Gasteiger partial charge >= 0.3 is 0 Å². The molecule has 0 aliphatic heterocycles. The van der Waals surface area contributed by atoms with Crippen molar-refractivity contribution in [3.05, 3.63) is 87.5 Å². The van der Waals surface area contributed by atoms with Gasteiger partial charge in [-0.2, -0.15) is 10.2 Å². The van der Waals surface area contributed by atoms with Crippen molar-refractivity contribution in [1.29, 1.82) is 0 Å². The van der Waals surface area contributed by atoms with Gasteiger partial charge in [0.05, 0.1) is 17.6 Å². The maximum Gasteiger partial charge on any atom is 0.277 e. The molecule has 2 heterocycles. The van der Waals surface area contributed by atoms with Crippen molar-refractivity contribution in [3.63, 3.8) is 0 Å². The van der Waals surface area contributed by atoms with E-state index in [2.05, 4.69) is 39.8 Å². The van der Waals surface area contributed by atoms with Crippen LogP contribution in [0.4, 0.5) is 5.82 Å². The van der Waals surface area contributed by atoms with Crippen LogP contribution in [0.3, 0.4) is 0 Å². The highest BCUT2D eigenvalue weighted by atomic mass is 16.2. The zero-order valence-electron chi connectivity index (χ0n) is 18.2. The van der Waals surface area contributed by atoms with Gasteiger partial charge in [0.2, 0.25) is 0 Å². The Bertz CT molecular complexity index is 1380. The first kappa shape index (κ1) is 20.2. The molecule has 7 nitrogen and oxygen atoms in total. The van der Waals surface area contributed by atoms with E-state index in [1.54, 1.807) is 24.4 Å². The second-order valence-electron chi connectivity index (χ2n) is 8.20. The van der Waals surface area contributed by atoms with Crippen molar-refractivity contribution in [1.82, 2.24) is 19.6 Å². The molecule has 1 aliphatic carbocycles. The van der Waals surface area contributed by atoms with Crippen molar-refractivity contribution in [2.75, 3.05) is 5.32 Å². The van der Waals surface area contributed by atoms with E-state index < -0.39 is 0 Å². The Morgan fingerprint density at radius 1 is 1.12 bits per heavy atom. The Morgan fingerprint density at radius 3 is 2.69 bits per heavy atom. The molecular formula is C25H25N5O2. The van der Waals surface area contributed by atoms with Gasteiger partial charge in [0.25, 0.3) is 11.5 Å². The first-order chi connectivity index (χ1) is 15.6. The van der Waals surface area contributed by atoms with Gasteiger partial charge in [-0.05, 0) is 50.3 Å². The van der Waals surface area contributed by atoms with Gasteiger partial charge < -0.3 is 5.32 Å². The molecular weight excluding hydrogens is 402 g/mol. The van der Waals surface area contributed by atoms with E-state index >= 15 is 0 Å². The van der Waals surface area contributed by atoms with E-state index in [4.69, 9.17) is 0 Å². The lowest BCUT2D eigenvalue weighted by molar-refractivity contribution is 0.102. The van der Waals surface area contributed by atoms with Crippen molar-refractivity contribution in [3.8, 4) is 0 Å². The van der Waals surface area contributed by atoms with Gasteiger partial charge in [0.15, 0.2) is 5.69 Å². The molecule has 0 spiro atoms. The molecule has 32 heavy (non-hydrogen) atoms. The van der Waals surface area contributed by atoms with Gasteiger partial charge in [0.1, 0.15) is 5.82 Å². The predicted octanol–water partition coefficient (Wildman–Crippen LogP) is 4.10. The van der Waals surface area contributed by atoms with Crippen LogP contribution in [-0.4, -0.2) is 25.5 Å². The highest BCUT2D eigenvalue weighted by molar-refractivity contribution is 6.11. The van der Waals surface area contributed by atoms with E-state index in [9.17, 15) is 9.59 Å². The minimum absolute atomic E-state index is 0.0678. The molecule has 2 aromatic carbocycles. The summed E-state index contributed by atoms with van der Waals surface area (Å²) in [4.78, 5) is 26.0. The number of aromatic nitrogens is 4. The van der Waals surface area contributed by atoms with Crippen molar-refractivity contribution in [2.24, 2.45) is 0 Å². The zero-order chi connectivity index (χ0) is 22.2. The first-order valence-electron chi connectivity index (χ1n) is 11.0. The lowest BCUT2D eigenvalue weighted by Gasteiger charge is -2.27. The van der Waals surface area contributed by atoms with E-state index in [-0.39, 0.29) is 23.2 Å². The van der Waals surface area contributed by atoms with Gasteiger partial charge in [-0.25, -0.2) is 9.36 Å². The monoisotopic (exact) mass is 427 g/mol.